The zero-order chi connectivity index (χ0) is 11.4. The second-order valence-electron chi connectivity index (χ2n) is 3.30. The molecule has 0 aliphatic carbocycles. The van der Waals surface area contributed by atoms with Crippen LogP contribution >= 0.6 is 0 Å². The largest absolute Gasteiger partial charge is 1.00 e. The number of carbonyl (C=O) groups is 1. The van der Waals surface area contributed by atoms with Gasteiger partial charge in [0.2, 0.25) is 5.67 Å². The topological polar surface area (TPSA) is 34.4 Å². The van der Waals surface area contributed by atoms with Crippen molar-refractivity contribution in [2.24, 2.45) is 0 Å². The summed E-state index contributed by atoms with van der Waals surface area (Å²) in [6, 6.07) is 0. The molecule has 0 bridgehead atoms. The van der Waals surface area contributed by atoms with E-state index in [0.29, 0.717) is 0 Å². The summed E-state index contributed by atoms with van der Waals surface area (Å²) >= 11 is 0. The van der Waals surface area contributed by atoms with Crippen molar-refractivity contribution >= 4 is 6.29 Å². The zero-order valence-corrected chi connectivity index (χ0v) is 12.6. The van der Waals surface area contributed by atoms with Gasteiger partial charge >= 0.3 is 57.3 Å². The van der Waals surface area contributed by atoms with Crippen LogP contribution in [0.5, 0.6) is 0 Å². The van der Waals surface area contributed by atoms with Crippen molar-refractivity contribution in [3.63, 3.8) is 0 Å². The quantitative estimate of drug-likeness (QED) is 0.402. The van der Waals surface area contributed by atoms with Gasteiger partial charge in [-0.1, -0.05) is 0 Å². The fraction of sp³-hybridized carbons (Fsp3) is 0.875. The molecule has 1 atom stereocenters. The number of hydrogen-bond acceptors (Lipinski definition) is 2. The number of likely N-dealkylation sites (tertiary alicyclic amines) is 1. The molecule has 0 spiro atoms. The van der Waals surface area contributed by atoms with E-state index in [-0.39, 0.29) is 57.7 Å². The Labute approximate surface area is 130 Å². The van der Waals surface area contributed by atoms with E-state index in [9.17, 15) is 18.0 Å². The van der Waals surface area contributed by atoms with Gasteiger partial charge in [0.05, 0.1) is 6.54 Å². The van der Waals surface area contributed by atoms with Gasteiger partial charge < -0.3 is 5.32 Å². The molecule has 84 valence electrons. The molecule has 1 saturated heterocycles. The Morgan fingerprint density at radius 1 is 1.27 bits per heavy atom. The average Bonchev–Trinajstić information content (AvgIpc) is 2.23. The van der Waals surface area contributed by atoms with Crippen LogP contribution in [0, 0.1) is 0 Å². The second-order valence-corrected chi connectivity index (χ2v) is 3.30. The monoisotopic (exact) mass is 250 g/mol. The zero-order valence-electron chi connectivity index (χ0n) is 9.43. The molecule has 15 heavy (non-hydrogen) atoms. The molecule has 3 nitrogen and oxygen atoms in total. The molecule has 0 aromatic carbocycles. The molecule has 1 unspecified atom stereocenters. The third-order valence-corrected chi connectivity index (χ3v) is 1.76. The molecule has 1 heterocycles. The molecule has 1 fully saturated rings. The number of carbonyl (C=O) groups excluding carboxylic acids is 1. The van der Waals surface area contributed by atoms with Gasteiger partial charge in [-0.05, 0) is 7.05 Å². The van der Waals surface area contributed by atoms with Gasteiger partial charge in [-0.3, -0.25) is 9.69 Å². The Bertz CT molecular complexity index is 206. The molecule has 1 aliphatic rings. The van der Waals surface area contributed by atoms with E-state index < -0.39 is 24.7 Å². The van der Waals surface area contributed by atoms with Crippen molar-refractivity contribution in [1.82, 2.24) is 4.90 Å². The molecular formula is C8H14F3KN2O. The Hall–Kier alpha value is 1.02. The summed E-state index contributed by atoms with van der Waals surface area (Å²) in [5, 5.41) is 3.50. The fourth-order valence-corrected chi connectivity index (χ4v) is 1.16. The smallest absolute Gasteiger partial charge is 0.668 e. The Balaban J connectivity index is 0. The van der Waals surface area contributed by atoms with E-state index in [1.165, 1.54) is 7.05 Å². The first-order valence-corrected chi connectivity index (χ1v) is 4.02. The van der Waals surface area contributed by atoms with Gasteiger partial charge in [-0.2, -0.15) is 14.1 Å². The summed E-state index contributed by atoms with van der Waals surface area (Å²) in [5.74, 6) is -3.54. The van der Waals surface area contributed by atoms with Gasteiger partial charge in [0.1, 0.15) is 0 Å². The van der Waals surface area contributed by atoms with Gasteiger partial charge in [0, 0.05) is 6.54 Å². The number of hydrogen-bond donors (Lipinski definition) is 0. The molecule has 0 saturated carbocycles. The minimum Gasteiger partial charge on any atom is -0.668 e. The first-order valence-electron chi connectivity index (χ1n) is 4.02. The van der Waals surface area contributed by atoms with Crippen molar-refractivity contribution in [1.29, 1.82) is 0 Å². The minimum absolute atomic E-state index is 0. The third kappa shape index (κ3) is 4.80. The van der Waals surface area contributed by atoms with Crippen LogP contribution in [-0.2, 0) is 4.79 Å². The predicted molar refractivity (Wildman–Crippen MR) is 47.6 cm³/mol. The number of alkyl halides is 3. The predicted octanol–water partition coefficient (Wildman–Crippen LogP) is -1.90. The van der Waals surface area contributed by atoms with Crippen LogP contribution in [0.15, 0.2) is 0 Å². The van der Waals surface area contributed by atoms with Crippen LogP contribution in [0.25, 0.3) is 5.32 Å². The molecule has 0 N–H and O–H groups in total. The standard InChI is InChI=1S/C6H8F3NO.C2H6N.K/c1-10-2-5(7,4-11)6(8,9)3-10;1-3-2;/h4H,2-3H2,1H3;1-2H3;/q;-1;+1. The van der Waals surface area contributed by atoms with Gasteiger partial charge in [0.25, 0.3) is 0 Å². The first kappa shape index (κ1) is 18.4. The van der Waals surface area contributed by atoms with Crippen LogP contribution in [0.1, 0.15) is 0 Å². The maximum Gasteiger partial charge on any atom is 1.00 e. The summed E-state index contributed by atoms with van der Waals surface area (Å²) in [7, 11) is 4.85. The first-order chi connectivity index (χ1) is 6.33. The summed E-state index contributed by atoms with van der Waals surface area (Å²) in [4.78, 5) is 11.1. The van der Waals surface area contributed by atoms with Crippen molar-refractivity contribution < 1.29 is 69.4 Å². The van der Waals surface area contributed by atoms with Crippen LogP contribution in [-0.4, -0.2) is 57.0 Å². The van der Waals surface area contributed by atoms with Gasteiger partial charge in [-0.15, -0.1) is 0 Å². The van der Waals surface area contributed by atoms with E-state index in [1.54, 1.807) is 14.1 Å². The maximum atomic E-state index is 12.9. The van der Waals surface area contributed by atoms with Crippen molar-refractivity contribution in [3.05, 3.63) is 5.32 Å². The van der Waals surface area contributed by atoms with Crippen LogP contribution in [0.4, 0.5) is 13.2 Å². The summed E-state index contributed by atoms with van der Waals surface area (Å²) in [6.07, 6.45) is -0.309. The summed E-state index contributed by atoms with van der Waals surface area (Å²) < 4.78 is 38.1. The van der Waals surface area contributed by atoms with E-state index in [4.69, 9.17) is 0 Å². The molecule has 0 radical (unpaired) electrons. The van der Waals surface area contributed by atoms with Gasteiger partial charge in [-0.25, -0.2) is 13.2 Å². The van der Waals surface area contributed by atoms with Crippen LogP contribution < -0.4 is 51.4 Å². The number of nitrogens with zero attached hydrogens (tertiary/aromatic N) is 2. The Morgan fingerprint density at radius 3 is 1.80 bits per heavy atom. The number of halogens is 3. The molecule has 1 aliphatic heterocycles. The normalized spacial score (nSPS) is 28.7. The average molecular weight is 250 g/mol. The molecule has 0 aromatic rings. The molecule has 7 heteroatoms. The fourth-order valence-electron chi connectivity index (χ4n) is 1.16. The van der Waals surface area contributed by atoms with E-state index in [0.717, 1.165) is 4.90 Å². The Morgan fingerprint density at radius 2 is 1.67 bits per heavy atom. The van der Waals surface area contributed by atoms with Crippen molar-refractivity contribution in [3.8, 4) is 0 Å². The van der Waals surface area contributed by atoms with Crippen LogP contribution in [0.2, 0.25) is 0 Å². The maximum absolute atomic E-state index is 12.9. The van der Waals surface area contributed by atoms with Crippen LogP contribution in [0.3, 0.4) is 0 Å². The number of aldehydes is 1. The summed E-state index contributed by atoms with van der Waals surface area (Å²) in [6.45, 7) is -1.22. The van der Waals surface area contributed by atoms with E-state index >= 15 is 0 Å². The van der Waals surface area contributed by atoms with E-state index in [1.807, 2.05) is 0 Å². The minimum atomic E-state index is -3.54. The van der Waals surface area contributed by atoms with Crippen molar-refractivity contribution in [2.45, 2.75) is 11.6 Å². The number of rotatable bonds is 1. The molecular weight excluding hydrogens is 236 g/mol. The molecule has 0 amide bonds. The summed E-state index contributed by atoms with van der Waals surface area (Å²) in [5.41, 5.74) is -2.98. The van der Waals surface area contributed by atoms with Gasteiger partial charge in [0.15, 0.2) is 6.29 Å². The molecule has 1 rings (SSSR count). The SMILES string of the molecule is CN1CC(F)(F)C(F)(C=O)C1.C[N-]C.[K+]. The van der Waals surface area contributed by atoms with Crippen molar-refractivity contribution in [2.75, 3.05) is 34.2 Å². The molecule has 0 aromatic heterocycles. The van der Waals surface area contributed by atoms with E-state index in [2.05, 4.69) is 5.32 Å². The second kappa shape index (κ2) is 7.36. The third-order valence-electron chi connectivity index (χ3n) is 1.76. The Kier molecular flexibility index (Phi) is 9.02.